The molecule has 1 aliphatic heterocycles. The van der Waals surface area contributed by atoms with E-state index in [0.717, 1.165) is 38.0 Å². The third-order valence-electron chi connectivity index (χ3n) is 3.39. The summed E-state index contributed by atoms with van der Waals surface area (Å²) in [6, 6.07) is 0.468. The first kappa shape index (κ1) is 11.3. The fourth-order valence-electron chi connectivity index (χ4n) is 2.22. The third-order valence-corrected chi connectivity index (χ3v) is 3.39. The molecule has 88 valence electrons. The SMILES string of the molecule is CCN1CCC(n2cc(C(C)=O)cn2)CC1. The zero-order chi connectivity index (χ0) is 11.5. The number of hydrogen-bond donors (Lipinski definition) is 0. The molecule has 2 rings (SSSR count). The minimum absolute atomic E-state index is 0.0947. The lowest BCUT2D eigenvalue weighted by Crippen LogP contribution is -2.34. The number of ketones is 1. The summed E-state index contributed by atoms with van der Waals surface area (Å²) in [5.74, 6) is 0.0947. The maximum absolute atomic E-state index is 11.2. The minimum Gasteiger partial charge on any atom is -0.303 e. The van der Waals surface area contributed by atoms with Gasteiger partial charge in [0.1, 0.15) is 0 Å². The van der Waals surface area contributed by atoms with Crippen molar-refractivity contribution in [2.45, 2.75) is 32.7 Å². The molecule has 0 bridgehead atoms. The van der Waals surface area contributed by atoms with Gasteiger partial charge in [0.2, 0.25) is 0 Å². The molecule has 0 aromatic carbocycles. The lowest BCUT2D eigenvalue weighted by molar-refractivity contribution is 0.101. The first-order chi connectivity index (χ1) is 7.70. The highest BCUT2D eigenvalue weighted by Crippen LogP contribution is 2.21. The molecule has 0 radical (unpaired) electrons. The van der Waals surface area contributed by atoms with Gasteiger partial charge >= 0.3 is 0 Å². The lowest BCUT2D eigenvalue weighted by Gasteiger charge is -2.31. The van der Waals surface area contributed by atoms with Gasteiger partial charge in [-0.2, -0.15) is 5.10 Å². The normalized spacial score (nSPS) is 18.9. The van der Waals surface area contributed by atoms with E-state index in [1.54, 1.807) is 13.1 Å². The molecule has 2 heterocycles. The van der Waals surface area contributed by atoms with Crippen LogP contribution in [-0.2, 0) is 0 Å². The molecule has 0 atom stereocenters. The highest BCUT2D eigenvalue weighted by atomic mass is 16.1. The van der Waals surface area contributed by atoms with E-state index in [4.69, 9.17) is 0 Å². The van der Waals surface area contributed by atoms with Crippen molar-refractivity contribution >= 4 is 5.78 Å². The predicted molar refractivity (Wildman–Crippen MR) is 62.6 cm³/mol. The maximum atomic E-state index is 11.2. The summed E-state index contributed by atoms with van der Waals surface area (Å²) < 4.78 is 1.96. The van der Waals surface area contributed by atoms with E-state index in [0.29, 0.717) is 6.04 Å². The first-order valence-corrected chi connectivity index (χ1v) is 5.98. The largest absolute Gasteiger partial charge is 0.303 e. The molecular formula is C12H19N3O. The van der Waals surface area contributed by atoms with Crippen molar-refractivity contribution < 1.29 is 4.79 Å². The van der Waals surface area contributed by atoms with Crippen LogP contribution >= 0.6 is 0 Å². The molecule has 4 nitrogen and oxygen atoms in total. The summed E-state index contributed by atoms with van der Waals surface area (Å²) >= 11 is 0. The van der Waals surface area contributed by atoms with E-state index in [1.807, 2.05) is 10.9 Å². The van der Waals surface area contributed by atoms with Crippen LogP contribution in [-0.4, -0.2) is 40.1 Å². The predicted octanol–water partition coefficient (Wildman–Crippen LogP) is 1.74. The average molecular weight is 221 g/mol. The van der Waals surface area contributed by atoms with Gasteiger partial charge < -0.3 is 4.90 Å². The second-order valence-corrected chi connectivity index (χ2v) is 4.43. The highest BCUT2D eigenvalue weighted by molar-refractivity contribution is 5.93. The molecule has 16 heavy (non-hydrogen) atoms. The Morgan fingerprint density at radius 3 is 2.69 bits per heavy atom. The van der Waals surface area contributed by atoms with Crippen molar-refractivity contribution in [1.82, 2.24) is 14.7 Å². The molecule has 0 amide bonds. The maximum Gasteiger partial charge on any atom is 0.162 e. The van der Waals surface area contributed by atoms with Crippen molar-refractivity contribution in [3.63, 3.8) is 0 Å². The molecule has 4 heteroatoms. The molecule has 0 unspecified atom stereocenters. The van der Waals surface area contributed by atoms with Gasteiger partial charge in [0.15, 0.2) is 5.78 Å². The van der Waals surface area contributed by atoms with Gasteiger partial charge in [-0.1, -0.05) is 6.92 Å². The Morgan fingerprint density at radius 1 is 1.50 bits per heavy atom. The van der Waals surface area contributed by atoms with Crippen LogP contribution in [0.1, 0.15) is 43.1 Å². The number of aromatic nitrogens is 2. The van der Waals surface area contributed by atoms with E-state index in [2.05, 4.69) is 16.9 Å². The van der Waals surface area contributed by atoms with Gasteiger partial charge in [0.05, 0.1) is 17.8 Å². The van der Waals surface area contributed by atoms with Crippen molar-refractivity contribution in [3.8, 4) is 0 Å². The van der Waals surface area contributed by atoms with E-state index in [-0.39, 0.29) is 5.78 Å². The van der Waals surface area contributed by atoms with Crippen molar-refractivity contribution in [3.05, 3.63) is 18.0 Å². The molecule has 1 aromatic rings. The standard InChI is InChI=1S/C12H19N3O/c1-3-14-6-4-12(5-7-14)15-9-11(8-13-15)10(2)16/h8-9,12H,3-7H2,1-2H3. The molecule has 1 fully saturated rings. The molecule has 1 aromatic heterocycles. The molecular weight excluding hydrogens is 202 g/mol. The monoisotopic (exact) mass is 221 g/mol. The van der Waals surface area contributed by atoms with Crippen LogP contribution in [0.3, 0.4) is 0 Å². The summed E-state index contributed by atoms with van der Waals surface area (Å²) in [5.41, 5.74) is 0.720. The van der Waals surface area contributed by atoms with Crippen LogP contribution in [0.25, 0.3) is 0 Å². The number of rotatable bonds is 3. The van der Waals surface area contributed by atoms with Crippen LogP contribution < -0.4 is 0 Å². The summed E-state index contributed by atoms with van der Waals surface area (Å²) in [5, 5.41) is 4.29. The smallest absolute Gasteiger partial charge is 0.162 e. The van der Waals surface area contributed by atoms with Gasteiger partial charge in [0, 0.05) is 19.3 Å². The number of hydrogen-bond acceptors (Lipinski definition) is 3. The first-order valence-electron chi connectivity index (χ1n) is 5.98. The van der Waals surface area contributed by atoms with Crippen molar-refractivity contribution in [2.24, 2.45) is 0 Å². The molecule has 0 aliphatic carbocycles. The fourth-order valence-corrected chi connectivity index (χ4v) is 2.22. The van der Waals surface area contributed by atoms with Crippen molar-refractivity contribution in [2.75, 3.05) is 19.6 Å². The van der Waals surface area contributed by atoms with E-state index >= 15 is 0 Å². The lowest BCUT2D eigenvalue weighted by atomic mass is 10.1. The molecule has 0 spiro atoms. The Labute approximate surface area is 96.2 Å². The number of carbonyl (C=O) groups excluding carboxylic acids is 1. The summed E-state index contributed by atoms with van der Waals surface area (Å²) in [6.45, 7) is 7.18. The topological polar surface area (TPSA) is 38.1 Å². The van der Waals surface area contributed by atoms with Crippen LogP contribution in [0.2, 0.25) is 0 Å². The Kier molecular flexibility index (Phi) is 3.39. The number of Topliss-reactive ketones (excluding diaryl/α,β-unsaturated/α-hetero) is 1. The molecule has 1 aliphatic rings. The number of piperidine rings is 1. The number of likely N-dealkylation sites (tertiary alicyclic amines) is 1. The van der Waals surface area contributed by atoms with Gasteiger partial charge in [0.25, 0.3) is 0 Å². The van der Waals surface area contributed by atoms with Crippen LogP contribution in [0.4, 0.5) is 0 Å². The summed E-state index contributed by atoms with van der Waals surface area (Å²) in [7, 11) is 0. The minimum atomic E-state index is 0.0947. The number of carbonyl (C=O) groups is 1. The Balaban J connectivity index is 2.00. The molecule has 1 saturated heterocycles. The zero-order valence-corrected chi connectivity index (χ0v) is 10.0. The Morgan fingerprint density at radius 2 is 2.19 bits per heavy atom. The van der Waals surface area contributed by atoms with Crippen molar-refractivity contribution in [1.29, 1.82) is 0 Å². The van der Waals surface area contributed by atoms with Gasteiger partial charge in [-0.05, 0) is 26.3 Å². The van der Waals surface area contributed by atoms with Crippen LogP contribution in [0, 0.1) is 0 Å². The third kappa shape index (κ3) is 2.32. The van der Waals surface area contributed by atoms with Gasteiger partial charge in [-0.15, -0.1) is 0 Å². The fraction of sp³-hybridized carbons (Fsp3) is 0.667. The Hall–Kier alpha value is -1.16. The Bertz CT molecular complexity index is 364. The zero-order valence-electron chi connectivity index (χ0n) is 10.0. The second kappa shape index (κ2) is 4.78. The van der Waals surface area contributed by atoms with E-state index < -0.39 is 0 Å². The highest BCUT2D eigenvalue weighted by Gasteiger charge is 2.20. The van der Waals surface area contributed by atoms with E-state index in [1.165, 1.54) is 0 Å². The van der Waals surface area contributed by atoms with Gasteiger partial charge in [-0.25, -0.2) is 0 Å². The van der Waals surface area contributed by atoms with E-state index in [9.17, 15) is 4.79 Å². The van der Waals surface area contributed by atoms with Crippen LogP contribution in [0.5, 0.6) is 0 Å². The second-order valence-electron chi connectivity index (χ2n) is 4.43. The average Bonchev–Trinajstić information content (AvgIpc) is 2.78. The molecule has 0 N–H and O–H groups in total. The summed E-state index contributed by atoms with van der Waals surface area (Å²) in [6.07, 6.45) is 5.82. The quantitative estimate of drug-likeness (QED) is 0.730. The number of nitrogens with zero attached hydrogens (tertiary/aromatic N) is 3. The van der Waals surface area contributed by atoms with Gasteiger partial charge in [-0.3, -0.25) is 9.48 Å². The summed E-state index contributed by atoms with van der Waals surface area (Å²) in [4.78, 5) is 13.6. The molecule has 0 saturated carbocycles. The van der Waals surface area contributed by atoms with Crippen LogP contribution in [0.15, 0.2) is 12.4 Å².